The Kier molecular flexibility index (Phi) is 5.62. The van der Waals surface area contributed by atoms with E-state index in [1.54, 1.807) is 17.0 Å². The number of fused-ring (bicyclic) bond motifs is 1. The number of nitrogens with zero attached hydrogens (tertiary/aromatic N) is 5. The van der Waals surface area contributed by atoms with Gasteiger partial charge in [0.05, 0.1) is 17.2 Å². The third-order valence-electron chi connectivity index (χ3n) is 5.71. The second kappa shape index (κ2) is 8.57. The van der Waals surface area contributed by atoms with Crippen molar-refractivity contribution in [3.8, 4) is 5.88 Å². The Hall–Kier alpha value is -2.88. The molecule has 0 spiro atoms. The molecular weight excluding hydrogens is 450 g/mol. The lowest BCUT2D eigenvalue weighted by atomic mass is 10.0. The average molecular weight is 472 g/mol. The van der Waals surface area contributed by atoms with Crippen molar-refractivity contribution < 1.29 is 14.3 Å². The van der Waals surface area contributed by atoms with Crippen molar-refractivity contribution in [2.75, 3.05) is 26.2 Å². The quantitative estimate of drug-likeness (QED) is 0.475. The van der Waals surface area contributed by atoms with E-state index in [9.17, 15) is 9.90 Å². The Morgan fingerprint density at radius 3 is 2.66 bits per heavy atom. The van der Waals surface area contributed by atoms with Crippen molar-refractivity contribution in [1.82, 2.24) is 24.4 Å². The maximum atomic E-state index is 12.7. The second-order valence-corrected chi connectivity index (χ2v) is 9.01. The molecule has 1 saturated heterocycles. The maximum Gasteiger partial charge on any atom is 0.289 e. The van der Waals surface area contributed by atoms with E-state index in [2.05, 4.69) is 15.0 Å². The first-order valence-electron chi connectivity index (χ1n) is 10.5. The molecule has 1 amide bonds. The number of aryl methyl sites for hydroxylation is 1. The predicted molar refractivity (Wildman–Crippen MR) is 121 cm³/mol. The Labute approximate surface area is 193 Å². The highest BCUT2D eigenvalue weighted by Crippen LogP contribution is 2.42. The first-order valence-corrected chi connectivity index (χ1v) is 11.6. The molecule has 1 aliphatic rings. The van der Waals surface area contributed by atoms with Crippen LogP contribution in [-0.4, -0.2) is 61.6 Å². The number of amides is 1. The molecule has 1 N–H and O–H groups in total. The van der Waals surface area contributed by atoms with Crippen LogP contribution in [0.3, 0.4) is 0 Å². The highest BCUT2D eigenvalue weighted by molar-refractivity contribution is 7.17. The number of halogens is 1. The number of benzene rings is 1. The van der Waals surface area contributed by atoms with Gasteiger partial charge in [-0.15, -0.1) is 5.10 Å². The van der Waals surface area contributed by atoms with E-state index in [-0.39, 0.29) is 17.8 Å². The fourth-order valence-electron chi connectivity index (χ4n) is 4.06. The monoisotopic (exact) mass is 471 g/mol. The van der Waals surface area contributed by atoms with E-state index >= 15 is 0 Å². The molecule has 166 valence electrons. The van der Waals surface area contributed by atoms with Gasteiger partial charge in [-0.2, -0.15) is 4.52 Å². The molecule has 5 rings (SSSR count). The molecular formula is C22H22ClN5O3S. The van der Waals surface area contributed by atoms with E-state index in [4.69, 9.17) is 16.0 Å². The number of thiazole rings is 1. The van der Waals surface area contributed by atoms with E-state index in [0.717, 1.165) is 10.4 Å². The lowest BCUT2D eigenvalue weighted by molar-refractivity contribution is 0.0568. The Balaban J connectivity index is 1.47. The Morgan fingerprint density at radius 1 is 1.22 bits per heavy atom. The molecule has 1 aliphatic heterocycles. The van der Waals surface area contributed by atoms with E-state index in [1.165, 1.54) is 22.1 Å². The van der Waals surface area contributed by atoms with Gasteiger partial charge in [0.1, 0.15) is 0 Å². The fourth-order valence-corrected chi connectivity index (χ4v) is 5.42. The second-order valence-electron chi connectivity index (χ2n) is 7.60. The third-order valence-corrected chi connectivity index (χ3v) is 7.12. The van der Waals surface area contributed by atoms with Gasteiger partial charge in [-0.05, 0) is 23.8 Å². The lowest BCUT2D eigenvalue weighted by Crippen LogP contribution is -2.49. The molecule has 1 atom stereocenters. The standard InChI is InChI=1S/C22H22ClN5O3S/c1-2-17-24-22-28(25-17)21(30)19(32-22)18(14-6-3-4-7-15(14)23)26-9-11-27(12-10-26)20(29)16-8-5-13-31-16/h3-8,13,18,30H,2,9-12H2,1H3. The maximum absolute atomic E-state index is 12.7. The first-order chi connectivity index (χ1) is 15.6. The molecule has 8 nitrogen and oxygen atoms in total. The van der Waals surface area contributed by atoms with Crippen molar-refractivity contribution in [2.45, 2.75) is 19.4 Å². The van der Waals surface area contributed by atoms with Crippen molar-refractivity contribution >= 4 is 33.8 Å². The molecule has 0 aliphatic carbocycles. The van der Waals surface area contributed by atoms with Gasteiger partial charge in [-0.1, -0.05) is 48.1 Å². The zero-order valence-corrected chi connectivity index (χ0v) is 19.0. The summed E-state index contributed by atoms with van der Waals surface area (Å²) >= 11 is 8.00. The Morgan fingerprint density at radius 2 is 2.00 bits per heavy atom. The summed E-state index contributed by atoms with van der Waals surface area (Å²) in [6.45, 7) is 4.31. The summed E-state index contributed by atoms with van der Waals surface area (Å²) in [5, 5.41) is 16.1. The average Bonchev–Trinajstić information content (AvgIpc) is 3.54. The van der Waals surface area contributed by atoms with Crippen LogP contribution in [0.15, 0.2) is 47.1 Å². The van der Waals surface area contributed by atoms with Crippen LogP contribution < -0.4 is 0 Å². The molecule has 10 heteroatoms. The van der Waals surface area contributed by atoms with Gasteiger partial charge in [-0.25, -0.2) is 4.98 Å². The summed E-state index contributed by atoms with van der Waals surface area (Å²) in [5.41, 5.74) is 0.899. The summed E-state index contributed by atoms with van der Waals surface area (Å²) in [4.78, 5) is 22.6. The van der Waals surface area contributed by atoms with Gasteiger partial charge < -0.3 is 14.4 Å². The summed E-state index contributed by atoms with van der Waals surface area (Å²) in [6.07, 6.45) is 2.20. The van der Waals surface area contributed by atoms with Gasteiger partial charge >= 0.3 is 0 Å². The van der Waals surface area contributed by atoms with Crippen LogP contribution >= 0.6 is 22.9 Å². The van der Waals surface area contributed by atoms with Gasteiger partial charge in [0.25, 0.3) is 5.91 Å². The van der Waals surface area contributed by atoms with Crippen molar-refractivity contribution in [3.63, 3.8) is 0 Å². The van der Waals surface area contributed by atoms with E-state index in [1.807, 2.05) is 31.2 Å². The largest absolute Gasteiger partial charge is 0.492 e. The van der Waals surface area contributed by atoms with Gasteiger partial charge in [0, 0.05) is 37.6 Å². The topological polar surface area (TPSA) is 87.1 Å². The molecule has 0 radical (unpaired) electrons. The van der Waals surface area contributed by atoms with Gasteiger partial charge in [0.2, 0.25) is 10.8 Å². The van der Waals surface area contributed by atoms with Crippen LogP contribution in [0.25, 0.3) is 4.96 Å². The van der Waals surface area contributed by atoms with Crippen molar-refractivity contribution in [3.05, 3.63) is 69.7 Å². The van der Waals surface area contributed by atoms with Crippen LogP contribution in [0, 0.1) is 0 Å². The SMILES string of the molecule is CCc1nc2sc(C(c3ccccc3Cl)N3CCN(C(=O)c4ccco4)CC3)c(O)n2n1. The van der Waals surface area contributed by atoms with Gasteiger partial charge in [0.15, 0.2) is 11.6 Å². The van der Waals surface area contributed by atoms with Crippen LogP contribution in [0.1, 0.15) is 39.8 Å². The molecule has 0 bridgehead atoms. The van der Waals surface area contributed by atoms with E-state index < -0.39 is 0 Å². The highest BCUT2D eigenvalue weighted by Gasteiger charge is 2.34. The predicted octanol–water partition coefficient (Wildman–Crippen LogP) is 3.85. The highest BCUT2D eigenvalue weighted by atomic mass is 35.5. The summed E-state index contributed by atoms with van der Waals surface area (Å²) in [7, 11) is 0. The van der Waals surface area contributed by atoms with Crippen LogP contribution in [0.5, 0.6) is 5.88 Å². The van der Waals surface area contributed by atoms with Crippen LogP contribution in [0.4, 0.5) is 0 Å². The molecule has 1 aromatic carbocycles. The van der Waals surface area contributed by atoms with Crippen LogP contribution in [0.2, 0.25) is 5.02 Å². The molecule has 1 unspecified atom stereocenters. The summed E-state index contributed by atoms with van der Waals surface area (Å²) < 4.78 is 6.77. The summed E-state index contributed by atoms with van der Waals surface area (Å²) in [5.74, 6) is 1.00. The zero-order chi connectivity index (χ0) is 22.2. The molecule has 3 aromatic heterocycles. The number of piperazine rings is 1. The molecule has 4 aromatic rings. The number of rotatable bonds is 5. The smallest absolute Gasteiger partial charge is 0.289 e. The zero-order valence-electron chi connectivity index (χ0n) is 17.4. The molecule has 1 fully saturated rings. The minimum Gasteiger partial charge on any atom is -0.492 e. The van der Waals surface area contributed by atoms with Crippen molar-refractivity contribution in [2.24, 2.45) is 0 Å². The fraction of sp³-hybridized carbons (Fsp3) is 0.318. The number of aromatic nitrogens is 3. The minimum absolute atomic E-state index is 0.0798. The number of hydrogen-bond acceptors (Lipinski definition) is 7. The van der Waals surface area contributed by atoms with E-state index in [0.29, 0.717) is 54.2 Å². The molecule has 32 heavy (non-hydrogen) atoms. The molecule has 4 heterocycles. The first kappa shape index (κ1) is 21.0. The number of carbonyl (C=O) groups is 1. The minimum atomic E-state index is -0.275. The number of carbonyl (C=O) groups excluding carboxylic acids is 1. The third kappa shape index (κ3) is 3.66. The number of hydrogen-bond donors (Lipinski definition) is 1. The normalized spacial score (nSPS) is 16.0. The van der Waals surface area contributed by atoms with Crippen molar-refractivity contribution in [1.29, 1.82) is 0 Å². The molecule has 0 saturated carbocycles. The summed E-state index contributed by atoms with van der Waals surface area (Å²) in [6, 6.07) is 10.8. The van der Waals surface area contributed by atoms with Crippen LogP contribution in [-0.2, 0) is 6.42 Å². The number of furan rings is 1. The number of aromatic hydroxyl groups is 1. The van der Waals surface area contributed by atoms with Gasteiger partial charge in [-0.3, -0.25) is 9.69 Å². The Bertz CT molecular complexity index is 1240. The lowest BCUT2D eigenvalue weighted by Gasteiger charge is -2.39.